The Kier molecular flexibility index (Phi) is 3.75. The molecule has 0 spiro atoms. The Morgan fingerprint density at radius 1 is 1.53 bits per heavy atom. The number of carboxylic acids is 1. The van der Waals surface area contributed by atoms with E-state index in [4.69, 9.17) is 9.84 Å². The molecule has 0 saturated carbocycles. The second-order valence-corrected chi connectivity index (χ2v) is 5.05. The van der Waals surface area contributed by atoms with Gasteiger partial charge in [0, 0.05) is 16.0 Å². The number of carboxylic acid groups (broad SMARTS) is 1. The zero-order valence-electron chi connectivity index (χ0n) is 8.59. The minimum Gasteiger partial charge on any atom is -0.486 e. The molecule has 0 bridgehead atoms. The van der Waals surface area contributed by atoms with Gasteiger partial charge in [-0.3, -0.25) is 0 Å². The fourth-order valence-corrected chi connectivity index (χ4v) is 2.15. The van der Waals surface area contributed by atoms with Gasteiger partial charge < -0.3 is 9.84 Å². The SMILES string of the molecule is O=C(O)c1cc(Br)ccc1OCc1nccs1. The number of aromatic carboxylic acids is 1. The standard InChI is InChI=1S/C11H8BrNO3S/c12-7-1-2-9(8(5-7)11(14)15)16-6-10-13-3-4-17-10/h1-5H,6H2,(H,14,15). The van der Waals surface area contributed by atoms with E-state index in [0.29, 0.717) is 10.2 Å². The molecule has 6 heteroatoms. The molecule has 0 aliphatic rings. The quantitative estimate of drug-likeness (QED) is 0.941. The molecular formula is C11H8BrNO3S. The molecule has 1 aromatic carbocycles. The summed E-state index contributed by atoms with van der Waals surface area (Å²) in [5.74, 6) is -0.670. The highest BCUT2D eigenvalue weighted by molar-refractivity contribution is 9.10. The maximum atomic E-state index is 11.0. The van der Waals surface area contributed by atoms with Gasteiger partial charge in [0.1, 0.15) is 22.9 Å². The van der Waals surface area contributed by atoms with Crippen molar-refractivity contribution < 1.29 is 14.6 Å². The van der Waals surface area contributed by atoms with Crippen LogP contribution in [0.15, 0.2) is 34.2 Å². The molecule has 1 aromatic heterocycles. The molecule has 0 aliphatic carbocycles. The summed E-state index contributed by atoms with van der Waals surface area (Å²) >= 11 is 4.69. The van der Waals surface area contributed by atoms with Gasteiger partial charge in [0.25, 0.3) is 0 Å². The molecule has 4 nitrogen and oxygen atoms in total. The third-order valence-electron chi connectivity index (χ3n) is 2.01. The fraction of sp³-hybridized carbons (Fsp3) is 0.0909. The smallest absolute Gasteiger partial charge is 0.339 e. The van der Waals surface area contributed by atoms with Gasteiger partial charge in [0.15, 0.2) is 0 Å². The van der Waals surface area contributed by atoms with Crippen LogP contribution in [-0.2, 0) is 6.61 Å². The number of thiazole rings is 1. The largest absolute Gasteiger partial charge is 0.486 e. The van der Waals surface area contributed by atoms with E-state index in [1.54, 1.807) is 18.3 Å². The molecule has 0 aliphatic heterocycles. The van der Waals surface area contributed by atoms with Gasteiger partial charge in [-0.1, -0.05) is 15.9 Å². The molecule has 1 heterocycles. The molecule has 0 radical (unpaired) electrons. The van der Waals surface area contributed by atoms with Crippen molar-refractivity contribution in [3.63, 3.8) is 0 Å². The Morgan fingerprint density at radius 3 is 3.00 bits per heavy atom. The van der Waals surface area contributed by atoms with Crippen molar-refractivity contribution in [2.45, 2.75) is 6.61 Å². The van der Waals surface area contributed by atoms with Crippen molar-refractivity contribution >= 4 is 33.2 Å². The van der Waals surface area contributed by atoms with Crippen molar-refractivity contribution in [3.05, 3.63) is 44.8 Å². The normalized spacial score (nSPS) is 10.2. The van der Waals surface area contributed by atoms with Gasteiger partial charge in [0.05, 0.1) is 0 Å². The first-order chi connectivity index (χ1) is 8.16. The van der Waals surface area contributed by atoms with E-state index in [0.717, 1.165) is 5.01 Å². The van der Waals surface area contributed by atoms with Crippen molar-refractivity contribution in [2.75, 3.05) is 0 Å². The van der Waals surface area contributed by atoms with Crippen LogP contribution < -0.4 is 4.74 Å². The van der Waals surface area contributed by atoms with E-state index in [2.05, 4.69) is 20.9 Å². The Bertz CT molecular complexity index is 528. The van der Waals surface area contributed by atoms with Gasteiger partial charge in [-0.2, -0.15) is 0 Å². The van der Waals surface area contributed by atoms with E-state index in [1.165, 1.54) is 17.4 Å². The zero-order chi connectivity index (χ0) is 12.3. The molecule has 0 atom stereocenters. The molecule has 88 valence electrons. The van der Waals surface area contributed by atoms with Crippen molar-refractivity contribution in [1.29, 1.82) is 0 Å². The monoisotopic (exact) mass is 313 g/mol. The molecule has 0 fully saturated rings. The first-order valence-electron chi connectivity index (χ1n) is 4.71. The second kappa shape index (κ2) is 5.29. The number of aromatic nitrogens is 1. The molecule has 0 unspecified atom stereocenters. The highest BCUT2D eigenvalue weighted by atomic mass is 79.9. The van der Waals surface area contributed by atoms with Crippen LogP contribution in [0.1, 0.15) is 15.4 Å². The van der Waals surface area contributed by atoms with Crippen LogP contribution in [0.5, 0.6) is 5.75 Å². The van der Waals surface area contributed by atoms with E-state index in [-0.39, 0.29) is 12.2 Å². The molecule has 2 rings (SSSR count). The summed E-state index contributed by atoms with van der Waals surface area (Å²) in [6.45, 7) is 0.277. The Balaban J connectivity index is 2.17. The lowest BCUT2D eigenvalue weighted by Crippen LogP contribution is -2.03. The van der Waals surface area contributed by atoms with Crippen LogP contribution in [0, 0.1) is 0 Å². The topological polar surface area (TPSA) is 59.4 Å². The van der Waals surface area contributed by atoms with E-state index < -0.39 is 5.97 Å². The number of hydrogen-bond donors (Lipinski definition) is 1. The lowest BCUT2D eigenvalue weighted by Gasteiger charge is -2.07. The average molecular weight is 314 g/mol. The Hall–Kier alpha value is -1.40. The summed E-state index contributed by atoms with van der Waals surface area (Å²) in [6.07, 6.45) is 1.68. The number of halogens is 1. The third kappa shape index (κ3) is 3.04. The second-order valence-electron chi connectivity index (χ2n) is 3.16. The molecule has 1 N–H and O–H groups in total. The van der Waals surface area contributed by atoms with Gasteiger partial charge >= 0.3 is 5.97 Å². The number of benzene rings is 1. The van der Waals surface area contributed by atoms with Crippen LogP contribution in [-0.4, -0.2) is 16.1 Å². The summed E-state index contributed by atoms with van der Waals surface area (Å²) in [6, 6.07) is 4.88. The number of carbonyl (C=O) groups is 1. The number of nitrogens with zero attached hydrogens (tertiary/aromatic N) is 1. The van der Waals surface area contributed by atoms with E-state index in [9.17, 15) is 4.79 Å². The Morgan fingerprint density at radius 2 is 2.35 bits per heavy atom. The lowest BCUT2D eigenvalue weighted by molar-refractivity contribution is 0.0691. The molecular weight excluding hydrogens is 306 g/mol. The first-order valence-corrected chi connectivity index (χ1v) is 6.38. The minimum absolute atomic E-state index is 0.135. The number of hydrogen-bond acceptors (Lipinski definition) is 4. The summed E-state index contributed by atoms with van der Waals surface area (Å²) in [4.78, 5) is 15.1. The molecule has 2 aromatic rings. The molecule has 0 saturated heterocycles. The summed E-state index contributed by atoms with van der Waals surface area (Å²) in [5.41, 5.74) is 0.135. The first kappa shape index (κ1) is 12.1. The van der Waals surface area contributed by atoms with Crippen LogP contribution in [0.3, 0.4) is 0 Å². The van der Waals surface area contributed by atoms with Gasteiger partial charge in [-0.05, 0) is 18.2 Å². The molecule has 0 amide bonds. The van der Waals surface area contributed by atoms with Crippen LogP contribution in [0.4, 0.5) is 0 Å². The van der Waals surface area contributed by atoms with E-state index >= 15 is 0 Å². The Labute approximate surface area is 110 Å². The van der Waals surface area contributed by atoms with Gasteiger partial charge in [-0.15, -0.1) is 11.3 Å². The van der Waals surface area contributed by atoms with Crippen molar-refractivity contribution in [2.24, 2.45) is 0 Å². The maximum Gasteiger partial charge on any atom is 0.339 e. The summed E-state index contributed by atoms with van der Waals surface area (Å²) in [5, 5.41) is 11.7. The number of ether oxygens (including phenoxy) is 1. The lowest BCUT2D eigenvalue weighted by atomic mass is 10.2. The fourth-order valence-electron chi connectivity index (χ4n) is 1.26. The van der Waals surface area contributed by atoms with Crippen LogP contribution >= 0.6 is 27.3 Å². The predicted molar refractivity (Wildman–Crippen MR) is 67.5 cm³/mol. The summed E-state index contributed by atoms with van der Waals surface area (Å²) < 4.78 is 6.15. The molecule has 17 heavy (non-hydrogen) atoms. The average Bonchev–Trinajstić information content (AvgIpc) is 2.80. The van der Waals surface area contributed by atoms with Crippen LogP contribution in [0.25, 0.3) is 0 Å². The predicted octanol–water partition coefficient (Wildman–Crippen LogP) is 3.18. The van der Waals surface area contributed by atoms with Gasteiger partial charge in [0.2, 0.25) is 0 Å². The van der Waals surface area contributed by atoms with Crippen LogP contribution in [0.2, 0.25) is 0 Å². The highest BCUT2D eigenvalue weighted by Crippen LogP contribution is 2.24. The van der Waals surface area contributed by atoms with Crippen molar-refractivity contribution in [1.82, 2.24) is 4.98 Å². The zero-order valence-corrected chi connectivity index (χ0v) is 11.0. The van der Waals surface area contributed by atoms with Gasteiger partial charge in [-0.25, -0.2) is 9.78 Å². The highest BCUT2D eigenvalue weighted by Gasteiger charge is 2.12. The van der Waals surface area contributed by atoms with Crippen molar-refractivity contribution in [3.8, 4) is 5.75 Å². The number of rotatable bonds is 4. The summed E-state index contributed by atoms with van der Waals surface area (Å²) in [7, 11) is 0. The maximum absolute atomic E-state index is 11.0. The third-order valence-corrected chi connectivity index (χ3v) is 3.25. The minimum atomic E-state index is -1.01. The van der Waals surface area contributed by atoms with E-state index in [1.807, 2.05) is 5.38 Å².